The number of carbonyl (C=O) groups excluding carboxylic acids is 1. The number of aryl methyl sites for hydroxylation is 2. The van der Waals surface area contributed by atoms with Gasteiger partial charge in [0.25, 0.3) is 11.5 Å². The number of H-pyrrole nitrogens is 1. The molecule has 5 nitrogen and oxygen atoms in total. The second-order valence-electron chi connectivity index (χ2n) is 6.46. The van der Waals surface area contributed by atoms with Crippen LogP contribution in [0.4, 0.5) is 0 Å². The Kier molecular flexibility index (Phi) is 4.53. The number of amides is 1. The van der Waals surface area contributed by atoms with Gasteiger partial charge in [-0.1, -0.05) is 30.3 Å². The summed E-state index contributed by atoms with van der Waals surface area (Å²) in [5.74, 6) is -0.285. The summed E-state index contributed by atoms with van der Waals surface area (Å²) >= 11 is 0. The minimum Gasteiger partial charge on any atom is -0.391 e. The molecule has 1 aliphatic rings. The molecular formula is C19H22N2O3. The first-order valence-corrected chi connectivity index (χ1v) is 8.20. The number of nitrogens with zero attached hydrogens (tertiary/aromatic N) is 1. The maximum atomic E-state index is 12.7. The van der Waals surface area contributed by atoms with E-state index < -0.39 is 6.10 Å². The molecular weight excluding hydrogens is 304 g/mol. The molecule has 0 unspecified atom stereocenters. The molecule has 0 bridgehead atoms. The van der Waals surface area contributed by atoms with Crippen molar-refractivity contribution >= 4 is 5.91 Å². The van der Waals surface area contributed by atoms with Crippen LogP contribution in [0.1, 0.15) is 39.5 Å². The maximum Gasteiger partial charge on any atom is 0.261 e. The van der Waals surface area contributed by atoms with E-state index in [4.69, 9.17) is 0 Å². The smallest absolute Gasteiger partial charge is 0.261 e. The Hall–Kier alpha value is -2.40. The summed E-state index contributed by atoms with van der Waals surface area (Å²) in [4.78, 5) is 29.1. The highest BCUT2D eigenvalue weighted by Gasteiger charge is 2.32. The number of aliphatic hydroxyl groups excluding tert-OH is 1. The highest BCUT2D eigenvalue weighted by molar-refractivity contribution is 5.95. The number of aromatic amines is 1. The number of piperidine rings is 1. The lowest BCUT2D eigenvalue weighted by molar-refractivity contribution is 0.0380. The molecule has 2 heterocycles. The maximum absolute atomic E-state index is 12.7. The molecule has 1 aromatic carbocycles. The van der Waals surface area contributed by atoms with Gasteiger partial charge in [0, 0.05) is 24.7 Å². The average Bonchev–Trinajstić information content (AvgIpc) is 2.54. The second kappa shape index (κ2) is 6.61. The summed E-state index contributed by atoms with van der Waals surface area (Å²) in [6.45, 7) is 4.33. The third kappa shape index (κ3) is 3.12. The Morgan fingerprint density at radius 1 is 1.25 bits per heavy atom. The van der Waals surface area contributed by atoms with Gasteiger partial charge < -0.3 is 15.0 Å². The summed E-state index contributed by atoms with van der Waals surface area (Å²) < 4.78 is 0. The number of pyridine rings is 1. The molecule has 1 saturated heterocycles. The van der Waals surface area contributed by atoms with Crippen molar-refractivity contribution in [3.05, 3.63) is 69.1 Å². The number of likely N-dealkylation sites (tertiary alicyclic amines) is 1. The van der Waals surface area contributed by atoms with Crippen LogP contribution in [0.5, 0.6) is 0 Å². The van der Waals surface area contributed by atoms with E-state index in [0.717, 1.165) is 11.3 Å². The third-order valence-electron chi connectivity index (χ3n) is 4.68. The van der Waals surface area contributed by atoms with Gasteiger partial charge in [-0.15, -0.1) is 0 Å². The molecule has 2 N–H and O–H groups in total. The molecule has 1 aromatic heterocycles. The molecule has 1 fully saturated rings. The van der Waals surface area contributed by atoms with E-state index in [2.05, 4.69) is 4.98 Å². The summed E-state index contributed by atoms with van der Waals surface area (Å²) in [5, 5.41) is 10.5. The highest BCUT2D eigenvalue weighted by Crippen LogP contribution is 2.28. The van der Waals surface area contributed by atoms with Gasteiger partial charge in [-0.25, -0.2) is 0 Å². The average molecular weight is 326 g/mol. The van der Waals surface area contributed by atoms with Crippen molar-refractivity contribution in [2.45, 2.75) is 32.3 Å². The summed E-state index contributed by atoms with van der Waals surface area (Å²) in [5.41, 5.74) is 2.29. The molecule has 2 atom stereocenters. The fraction of sp³-hybridized carbons (Fsp3) is 0.368. The SMILES string of the molecule is Cc1cc(C)c(C(=O)N2CC[C@@H](c3ccccc3)[C@H](O)C2)c(=O)[nH]1. The molecule has 2 aromatic rings. The zero-order valence-corrected chi connectivity index (χ0v) is 14.0. The van der Waals surface area contributed by atoms with Gasteiger partial charge in [0.2, 0.25) is 0 Å². The van der Waals surface area contributed by atoms with Crippen LogP contribution < -0.4 is 5.56 Å². The van der Waals surface area contributed by atoms with Crippen molar-refractivity contribution in [3.8, 4) is 0 Å². The van der Waals surface area contributed by atoms with E-state index >= 15 is 0 Å². The third-order valence-corrected chi connectivity index (χ3v) is 4.68. The second-order valence-corrected chi connectivity index (χ2v) is 6.46. The number of β-amino-alcohol motifs (C(OH)–C–C–N with tert-alkyl or cyclic N) is 1. The molecule has 0 radical (unpaired) electrons. The fourth-order valence-corrected chi connectivity index (χ4v) is 3.48. The Balaban J connectivity index is 1.79. The van der Waals surface area contributed by atoms with E-state index in [0.29, 0.717) is 18.5 Å². The monoisotopic (exact) mass is 326 g/mol. The zero-order chi connectivity index (χ0) is 17.3. The number of benzene rings is 1. The molecule has 0 spiro atoms. The predicted octanol–water partition coefficient (Wildman–Crippen LogP) is 1.98. The zero-order valence-electron chi connectivity index (χ0n) is 14.0. The molecule has 1 aliphatic heterocycles. The summed E-state index contributed by atoms with van der Waals surface area (Å²) in [6, 6.07) is 11.6. The summed E-state index contributed by atoms with van der Waals surface area (Å²) in [7, 11) is 0. The Morgan fingerprint density at radius 3 is 2.58 bits per heavy atom. The van der Waals surface area contributed by atoms with Crippen LogP contribution in [0.25, 0.3) is 0 Å². The minimum atomic E-state index is -0.630. The van der Waals surface area contributed by atoms with Gasteiger partial charge in [-0.05, 0) is 37.5 Å². The molecule has 126 valence electrons. The lowest BCUT2D eigenvalue weighted by atomic mass is 9.87. The quantitative estimate of drug-likeness (QED) is 0.886. The largest absolute Gasteiger partial charge is 0.391 e. The van der Waals surface area contributed by atoms with Crippen LogP contribution >= 0.6 is 0 Å². The normalized spacial score (nSPS) is 20.9. The van der Waals surface area contributed by atoms with Crippen molar-refractivity contribution < 1.29 is 9.90 Å². The molecule has 0 aliphatic carbocycles. The molecule has 0 saturated carbocycles. The van der Waals surface area contributed by atoms with Crippen LogP contribution in [-0.2, 0) is 0 Å². The lowest BCUT2D eigenvalue weighted by Crippen LogP contribution is -2.47. The predicted molar refractivity (Wildman–Crippen MR) is 92.2 cm³/mol. The Morgan fingerprint density at radius 2 is 1.96 bits per heavy atom. The van der Waals surface area contributed by atoms with Gasteiger partial charge in [-0.3, -0.25) is 9.59 Å². The first-order valence-electron chi connectivity index (χ1n) is 8.20. The minimum absolute atomic E-state index is 0.0210. The number of aromatic nitrogens is 1. The van der Waals surface area contributed by atoms with Crippen LogP contribution in [0.15, 0.2) is 41.2 Å². The Bertz CT molecular complexity index is 798. The van der Waals surface area contributed by atoms with Crippen LogP contribution in [0, 0.1) is 13.8 Å². The van der Waals surface area contributed by atoms with Gasteiger partial charge in [-0.2, -0.15) is 0 Å². The standard InChI is InChI=1S/C19H22N2O3/c1-12-10-13(2)20-18(23)17(12)19(24)21-9-8-15(16(22)11-21)14-6-4-3-5-7-14/h3-7,10,15-16,22H,8-9,11H2,1-2H3,(H,20,23)/t15-,16+/m0/s1. The van der Waals surface area contributed by atoms with E-state index in [9.17, 15) is 14.7 Å². The fourth-order valence-electron chi connectivity index (χ4n) is 3.48. The number of rotatable bonds is 2. The van der Waals surface area contributed by atoms with Crippen molar-refractivity contribution in [1.82, 2.24) is 9.88 Å². The van der Waals surface area contributed by atoms with Crippen LogP contribution in [0.2, 0.25) is 0 Å². The van der Waals surface area contributed by atoms with E-state index in [1.165, 1.54) is 0 Å². The van der Waals surface area contributed by atoms with E-state index in [1.807, 2.05) is 30.3 Å². The number of aliphatic hydroxyl groups is 1. The number of hydrogen-bond acceptors (Lipinski definition) is 3. The highest BCUT2D eigenvalue weighted by atomic mass is 16.3. The van der Waals surface area contributed by atoms with Crippen molar-refractivity contribution in [3.63, 3.8) is 0 Å². The van der Waals surface area contributed by atoms with Crippen molar-refractivity contribution in [1.29, 1.82) is 0 Å². The van der Waals surface area contributed by atoms with E-state index in [1.54, 1.807) is 24.8 Å². The first-order chi connectivity index (χ1) is 11.5. The first kappa shape index (κ1) is 16.5. The summed E-state index contributed by atoms with van der Waals surface area (Å²) in [6.07, 6.45) is 0.0506. The molecule has 3 rings (SSSR count). The number of hydrogen-bond donors (Lipinski definition) is 2. The van der Waals surface area contributed by atoms with Gasteiger partial charge >= 0.3 is 0 Å². The molecule has 1 amide bonds. The van der Waals surface area contributed by atoms with Gasteiger partial charge in [0.1, 0.15) is 5.56 Å². The number of carbonyl (C=O) groups is 1. The van der Waals surface area contributed by atoms with Crippen LogP contribution in [0.3, 0.4) is 0 Å². The lowest BCUT2D eigenvalue weighted by Gasteiger charge is -2.36. The van der Waals surface area contributed by atoms with Crippen LogP contribution in [-0.4, -0.2) is 40.1 Å². The van der Waals surface area contributed by atoms with Gasteiger partial charge in [0.05, 0.1) is 6.10 Å². The Labute approximate surface area is 140 Å². The molecule has 5 heteroatoms. The van der Waals surface area contributed by atoms with Crippen molar-refractivity contribution in [2.24, 2.45) is 0 Å². The molecule has 24 heavy (non-hydrogen) atoms. The van der Waals surface area contributed by atoms with E-state index in [-0.39, 0.29) is 29.5 Å². The topological polar surface area (TPSA) is 73.4 Å². The number of nitrogens with one attached hydrogen (secondary N) is 1. The van der Waals surface area contributed by atoms with Gasteiger partial charge in [0.15, 0.2) is 0 Å². The van der Waals surface area contributed by atoms with Crippen molar-refractivity contribution in [2.75, 3.05) is 13.1 Å².